The average Bonchev–Trinajstić information content (AvgIpc) is 2.27. The molecule has 7 nitrogen and oxygen atoms in total. The van der Waals surface area contributed by atoms with Gasteiger partial charge in [-0.25, -0.2) is 13.4 Å². The van der Waals surface area contributed by atoms with Gasteiger partial charge < -0.3 is 5.73 Å². The van der Waals surface area contributed by atoms with Crippen LogP contribution in [-0.4, -0.2) is 29.5 Å². The van der Waals surface area contributed by atoms with E-state index < -0.39 is 27.3 Å². The Morgan fingerprint density at radius 2 is 1.94 bits per heavy atom. The molecule has 2 rings (SSSR count). The first-order valence-electron chi connectivity index (χ1n) is 4.84. The molecule has 0 fully saturated rings. The van der Waals surface area contributed by atoms with Gasteiger partial charge in [0.25, 0.3) is 11.5 Å². The van der Waals surface area contributed by atoms with Crippen molar-refractivity contribution in [1.82, 2.24) is 8.96 Å². The number of nitrogens with zero attached hydrogens (tertiary/aromatic N) is 2. The molecule has 0 aliphatic rings. The SMILES string of the molecule is CS(=O)(=O)n1c(C(N)=O)nc2ccccc2c1=O. The molecule has 1 aromatic carbocycles. The molecule has 0 unspecified atom stereocenters. The second kappa shape index (κ2) is 3.91. The number of carbonyl (C=O) groups is 1. The fourth-order valence-corrected chi connectivity index (χ4v) is 2.42. The van der Waals surface area contributed by atoms with Crippen molar-refractivity contribution in [2.45, 2.75) is 0 Å². The molecule has 1 aromatic heterocycles. The van der Waals surface area contributed by atoms with Crippen molar-refractivity contribution in [2.75, 3.05) is 6.26 Å². The summed E-state index contributed by atoms with van der Waals surface area (Å²) >= 11 is 0. The van der Waals surface area contributed by atoms with Gasteiger partial charge in [0.05, 0.1) is 17.2 Å². The third-order valence-electron chi connectivity index (χ3n) is 2.29. The summed E-state index contributed by atoms with van der Waals surface area (Å²) in [5.74, 6) is -1.68. The summed E-state index contributed by atoms with van der Waals surface area (Å²) in [4.78, 5) is 27.0. The second-order valence-electron chi connectivity index (χ2n) is 3.65. The number of benzene rings is 1. The Morgan fingerprint density at radius 3 is 2.50 bits per heavy atom. The molecular weight excluding hydrogens is 258 g/mol. The van der Waals surface area contributed by atoms with E-state index in [1.165, 1.54) is 12.1 Å². The summed E-state index contributed by atoms with van der Waals surface area (Å²) in [5.41, 5.74) is 4.43. The van der Waals surface area contributed by atoms with Crippen molar-refractivity contribution in [2.24, 2.45) is 5.73 Å². The van der Waals surface area contributed by atoms with Crippen LogP contribution in [-0.2, 0) is 10.0 Å². The van der Waals surface area contributed by atoms with E-state index in [-0.39, 0.29) is 10.9 Å². The van der Waals surface area contributed by atoms with Crippen LogP contribution < -0.4 is 11.3 Å². The molecule has 94 valence electrons. The Kier molecular flexibility index (Phi) is 2.66. The van der Waals surface area contributed by atoms with Crippen molar-refractivity contribution >= 4 is 26.8 Å². The maximum atomic E-state index is 12.0. The van der Waals surface area contributed by atoms with E-state index >= 15 is 0 Å². The van der Waals surface area contributed by atoms with Gasteiger partial charge in [-0.05, 0) is 12.1 Å². The molecule has 0 atom stereocenters. The average molecular weight is 267 g/mol. The van der Waals surface area contributed by atoms with Crippen LogP contribution in [0.15, 0.2) is 29.1 Å². The number of fused-ring (bicyclic) bond motifs is 1. The van der Waals surface area contributed by atoms with Crippen LogP contribution in [0.2, 0.25) is 0 Å². The predicted octanol–water partition coefficient (Wildman–Crippen LogP) is -0.697. The first-order valence-corrected chi connectivity index (χ1v) is 6.69. The second-order valence-corrected chi connectivity index (χ2v) is 5.48. The summed E-state index contributed by atoms with van der Waals surface area (Å²) in [6.07, 6.45) is 0.803. The normalized spacial score (nSPS) is 11.6. The topological polar surface area (TPSA) is 112 Å². The smallest absolute Gasteiger partial charge is 0.285 e. The number of carbonyl (C=O) groups excluding carboxylic acids is 1. The molecule has 0 saturated heterocycles. The largest absolute Gasteiger partial charge is 0.363 e. The van der Waals surface area contributed by atoms with Gasteiger partial charge in [-0.2, -0.15) is 3.97 Å². The third-order valence-corrected chi connectivity index (χ3v) is 3.29. The maximum Gasteiger partial charge on any atom is 0.285 e. The Hall–Kier alpha value is -2.22. The van der Waals surface area contributed by atoms with Gasteiger partial charge in [0.2, 0.25) is 15.8 Å². The van der Waals surface area contributed by atoms with E-state index in [2.05, 4.69) is 4.98 Å². The molecule has 0 saturated carbocycles. The summed E-state index contributed by atoms with van der Waals surface area (Å²) in [5, 5.41) is 0.105. The van der Waals surface area contributed by atoms with Gasteiger partial charge in [-0.3, -0.25) is 9.59 Å². The minimum atomic E-state index is -3.96. The first-order chi connectivity index (χ1) is 8.32. The molecule has 8 heteroatoms. The summed E-state index contributed by atoms with van der Waals surface area (Å²) in [6, 6.07) is 6.11. The number of rotatable bonds is 2. The monoisotopic (exact) mass is 267 g/mol. The standard InChI is InChI=1S/C10H9N3O4S/c1-18(16,17)13-9(8(11)14)12-7-5-3-2-4-6(7)10(13)15/h2-5H,1H3,(H2,11,14). The molecular formula is C10H9N3O4S. The van der Waals surface area contributed by atoms with Crippen LogP contribution >= 0.6 is 0 Å². The van der Waals surface area contributed by atoms with Crippen molar-refractivity contribution in [3.05, 3.63) is 40.4 Å². The fourth-order valence-electron chi connectivity index (χ4n) is 1.58. The van der Waals surface area contributed by atoms with Crippen molar-refractivity contribution in [1.29, 1.82) is 0 Å². The number of amides is 1. The Labute approximate surface area is 102 Å². The third kappa shape index (κ3) is 1.86. The molecule has 0 aliphatic heterocycles. The summed E-state index contributed by atoms with van der Waals surface area (Å²) in [7, 11) is -3.96. The quantitative estimate of drug-likeness (QED) is 0.773. The summed E-state index contributed by atoms with van der Waals surface area (Å²) < 4.78 is 23.4. The van der Waals surface area contributed by atoms with E-state index in [1.807, 2.05) is 0 Å². The first kappa shape index (κ1) is 12.2. The zero-order valence-electron chi connectivity index (χ0n) is 9.32. The van der Waals surface area contributed by atoms with E-state index in [0.717, 1.165) is 6.26 Å². The molecule has 0 aliphatic carbocycles. The van der Waals surface area contributed by atoms with Crippen LogP contribution in [0.1, 0.15) is 10.6 Å². The van der Waals surface area contributed by atoms with Crippen LogP contribution in [0.4, 0.5) is 0 Å². The molecule has 2 aromatic rings. The Bertz CT molecular complexity index is 807. The van der Waals surface area contributed by atoms with Gasteiger partial charge in [0, 0.05) is 0 Å². The molecule has 0 bridgehead atoms. The van der Waals surface area contributed by atoms with Crippen LogP contribution in [0.25, 0.3) is 10.9 Å². The number of aromatic nitrogens is 2. The highest BCUT2D eigenvalue weighted by atomic mass is 32.2. The number of hydrogen-bond donors (Lipinski definition) is 1. The lowest BCUT2D eigenvalue weighted by Gasteiger charge is -2.08. The Balaban J connectivity index is 3.08. The zero-order valence-corrected chi connectivity index (χ0v) is 10.1. The van der Waals surface area contributed by atoms with Crippen molar-refractivity contribution in [3.8, 4) is 0 Å². The number of nitrogens with two attached hydrogens (primary N) is 1. The van der Waals surface area contributed by atoms with Crippen LogP contribution in [0, 0.1) is 0 Å². The maximum absolute atomic E-state index is 12.0. The van der Waals surface area contributed by atoms with Crippen molar-refractivity contribution in [3.63, 3.8) is 0 Å². The van der Waals surface area contributed by atoms with E-state index in [4.69, 9.17) is 5.73 Å². The molecule has 0 spiro atoms. The van der Waals surface area contributed by atoms with Gasteiger partial charge in [0.1, 0.15) is 0 Å². The minimum Gasteiger partial charge on any atom is -0.363 e. The van der Waals surface area contributed by atoms with Gasteiger partial charge in [0.15, 0.2) is 0 Å². The van der Waals surface area contributed by atoms with Gasteiger partial charge >= 0.3 is 0 Å². The fraction of sp³-hybridized carbons (Fsp3) is 0.100. The van der Waals surface area contributed by atoms with Gasteiger partial charge in [-0.15, -0.1) is 0 Å². The lowest BCUT2D eigenvalue weighted by Crippen LogP contribution is -2.34. The Morgan fingerprint density at radius 1 is 1.33 bits per heavy atom. The molecule has 0 radical (unpaired) electrons. The van der Waals surface area contributed by atoms with Crippen molar-refractivity contribution < 1.29 is 13.2 Å². The highest BCUT2D eigenvalue weighted by Crippen LogP contribution is 2.08. The van der Waals surface area contributed by atoms with Gasteiger partial charge in [-0.1, -0.05) is 12.1 Å². The number of hydrogen-bond acceptors (Lipinski definition) is 5. The molecule has 1 heterocycles. The predicted molar refractivity (Wildman–Crippen MR) is 64.8 cm³/mol. The van der Waals surface area contributed by atoms with E-state index in [1.54, 1.807) is 12.1 Å². The number of primary amides is 1. The minimum absolute atomic E-state index is 0.105. The lowest BCUT2D eigenvalue weighted by atomic mass is 10.2. The highest BCUT2D eigenvalue weighted by Gasteiger charge is 2.21. The van der Waals surface area contributed by atoms with E-state index in [9.17, 15) is 18.0 Å². The molecule has 1 amide bonds. The molecule has 18 heavy (non-hydrogen) atoms. The lowest BCUT2D eigenvalue weighted by molar-refractivity contribution is 0.0988. The molecule has 2 N–H and O–H groups in total. The van der Waals surface area contributed by atoms with Crippen LogP contribution in [0.5, 0.6) is 0 Å². The highest BCUT2D eigenvalue weighted by molar-refractivity contribution is 7.89. The number of para-hydroxylation sites is 1. The van der Waals surface area contributed by atoms with E-state index in [0.29, 0.717) is 3.97 Å². The zero-order chi connectivity index (χ0) is 13.5. The summed E-state index contributed by atoms with van der Waals surface area (Å²) in [6.45, 7) is 0. The van der Waals surface area contributed by atoms with Crippen LogP contribution in [0.3, 0.4) is 0 Å².